The third kappa shape index (κ3) is 4.92. The van der Waals surface area contributed by atoms with Gasteiger partial charge in [-0.05, 0) is 18.2 Å². The van der Waals surface area contributed by atoms with Crippen LogP contribution in [0.2, 0.25) is 0 Å². The molecule has 26 heavy (non-hydrogen) atoms. The van der Waals surface area contributed by atoms with Crippen LogP contribution < -0.4 is 14.4 Å². The van der Waals surface area contributed by atoms with Crippen molar-refractivity contribution in [3.05, 3.63) is 59.7 Å². The summed E-state index contributed by atoms with van der Waals surface area (Å²) in [5.74, 6) is -2.34. The summed E-state index contributed by atoms with van der Waals surface area (Å²) in [6.07, 6.45) is 0.877. The van der Waals surface area contributed by atoms with Crippen LogP contribution in [0.3, 0.4) is 0 Å². The number of nitrogens with one attached hydrogen (secondary N) is 1. The molecule has 0 aromatic heterocycles. The number of para-hydroxylation sites is 1. The van der Waals surface area contributed by atoms with Gasteiger partial charge in [0.05, 0.1) is 19.1 Å². The molecule has 2 rings (SSSR count). The Bertz CT molecular complexity index is 903. The maximum atomic E-state index is 13.4. The lowest BCUT2D eigenvalue weighted by molar-refractivity contribution is -0.119. The quantitative estimate of drug-likeness (QED) is 0.793. The average molecular weight is 384 g/mol. The van der Waals surface area contributed by atoms with Crippen LogP contribution in [0.5, 0.6) is 5.75 Å². The molecule has 0 aliphatic rings. The topological polar surface area (TPSA) is 75.7 Å². The number of amides is 1. The number of nitrogens with zero attached hydrogens (tertiary/aromatic N) is 1. The summed E-state index contributed by atoms with van der Waals surface area (Å²) >= 11 is 0. The van der Waals surface area contributed by atoms with Crippen molar-refractivity contribution in [3.63, 3.8) is 0 Å². The number of rotatable bonds is 7. The lowest BCUT2D eigenvalue weighted by Gasteiger charge is -2.22. The molecule has 0 spiro atoms. The van der Waals surface area contributed by atoms with Crippen molar-refractivity contribution >= 4 is 21.6 Å². The number of benzene rings is 2. The van der Waals surface area contributed by atoms with Crippen LogP contribution in [0.15, 0.2) is 42.5 Å². The number of ether oxygens (including phenoxy) is 1. The van der Waals surface area contributed by atoms with Crippen molar-refractivity contribution < 1.29 is 26.7 Å². The second-order valence-corrected chi connectivity index (χ2v) is 7.36. The first-order valence-electron chi connectivity index (χ1n) is 7.53. The van der Waals surface area contributed by atoms with Crippen molar-refractivity contribution in [3.8, 4) is 5.75 Å². The molecule has 0 fully saturated rings. The monoisotopic (exact) mass is 384 g/mol. The summed E-state index contributed by atoms with van der Waals surface area (Å²) in [5.41, 5.74) is 0.570. The number of hydrogen-bond donors (Lipinski definition) is 1. The summed E-state index contributed by atoms with van der Waals surface area (Å²) in [7, 11) is -2.38. The van der Waals surface area contributed by atoms with Gasteiger partial charge in [0.15, 0.2) is 11.6 Å². The van der Waals surface area contributed by atoms with Gasteiger partial charge in [-0.15, -0.1) is 0 Å². The summed E-state index contributed by atoms with van der Waals surface area (Å²) in [5, 5.41) is 2.58. The van der Waals surface area contributed by atoms with E-state index < -0.39 is 34.1 Å². The van der Waals surface area contributed by atoms with Gasteiger partial charge in [-0.25, -0.2) is 17.2 Å². The van der Waals surface area contributed by atoms with E-state index in [9.17, 15) is 22.0 Å². The lowest BCUT2D eigenvalue weighted by Crippen LogP contribution is -2.40. The fraction of sp³-hybridized carbons (Fsp3) is 0.235. The number of methoxy groups -OCH3 is 1. The molecule has 9 heteroatoms. The Labute approximate surface area is 150 Å². The highest BCUT2D eigenvalue weighted by molar-refractivity contribution is 7.92. The van der Waals surface area contributed by atoms with Gasteiger partial charge >= 0.3 is 0 Å². The maximum absolute atomic E-state index is 13.4. The van der Waals surface area contributed by atoms with Gasteiger partial charge in [0.1, 0.15) is 12.3 Å². The minimum Gasteiger partial charge on any atom is -0.496 e. The Hall–Kier alpha value is -2.68. The molecule has 140 valence electrons. The minimum atomic E-state index is -3.88. The second kappa shape index (κ2) is 8.13. The molecule has 0 unspecified atom stereocenters. The summed E-state index contributed by atoms with van der Waals surface area (Å²) in [6, 6.07) is 9.65. The Kier molecular flexibility index (Phi) is 6.14. The molecule has 2 aromatic carbocycles. The molecule has 6 nitrogen and oxygen atoms in total. The number of sulfonamides is 1. The van der Waals surface area contributed by atoms with Crippen LogP contribution in [0.1, 0.15) is 5.56 Å². The largest absolute Gasteiger partial charge is 0.496 e. The van der Waals surface area contributed by atoms with Gasteiger partial charge in [-0.3, -0.25) is 9.10 Å². The molecule has 0 saturated heterocycles. The first-order valence-corrected chi connectivity index (χ1v) is 9.38. The van der Waals surface area contributed by atoms with E-state index in [2.05, 4.69) is 5.32 Å². The van der Waals surface area contributed by atoms with Crippen LogP contribution in [0.25, 0.3) is 0 Å². The Morgan fingerprint density at radius 3 is 2.46 bits per heavy atom. The molecule has 0 radical (unpaired) electrons. The van der Waals surface area contributed by atoms with Crippen molar-refractivity contribution in [2.75, 3.05) is 24.2 Å². The normalized spacial score (nSPS) is 11.1. The van der Waals surface area contributed by atoms with Gasteiger partial charge in [0, 0.05) is 18.2 Å². The maximum Gasteiger partial charge on any atom is 0.241 e. The molecule has 0 bridgehead atoms. The third-order valence-corrected chi connectivity index (χ3v) is 4.69. The predicted molar refractivity (Wildman–Crippen MR) is 93.4 cm³/mol. The van der Waals surface area contributed by atoms with Crippen LogP contribution in [-0.4, -0.2) is 34.2 Å². The van der Waals surface area contributed by atoms with E-state index >= 15 is 0 Å². The highest BCUT2D eigenvalue weighted by Gasteiger charge is 2.22. The Balaban J connectivity index is 2.13. The molecular weight excluding hydrogens is 366 g/mol. The van der Waals surface area contributed by atoms with Crippen LogP contribution in [0, 0.1) is 11.6 Å². The van der Waals surface area contributed by atoms with E-state index in [0.29, 0.717) is 15.6 Å². The van der Waals surface area contributed by atoms with Gasteiger partial charge < -0.3 is 10.1 Å². The highest BCUT2D eigenvalue weighted by atomic mass is 32.2. The zero-order valence-corrected chi connectivity index (χ0v) is 15.0. The second-order valence-electron chi connectivity index (χ2n) is 5.46. The molecule has 0 aliphatic carbocycles. The molecule has 0 atom stereocenters. The predicted octanol–water partition coefficient (Wildman–Crippen LogP) is 2.06. The molecule has 2 aromatic rings. The number of hydrogen-bond acceptors (Lipinski definition) is 4. The van der Waals surface area contributed by atoms with Crippen LogP contribution in [-0.2, 0) is 21.4 Å². The molecule has 0 heterocycles. The molecular formula is C17H18F2N2O4S. The Morgan fingerprint density at radius 2 is 1.85 bits per heavy atom. The van der Waals surface area contributed by atoms with Crippen molar-refractivity contribution in [2.45, 2.75) is 6.54 Å². The van der Waals surface area contributed by atoms with Gasteiger partial charge in [-0.2, -0.15) is 0 Å². The van der Waals surface area contributed by atoms with E-state index in [1.807, 2.05) is 0 Å². The van der Waals surface area contributed by atoms with Crippen molar-refractivity contribution in [1.29, 1.82) is 0 Å². The smallest absolute Gasteiger partial charge is 0.241 e. The fourth-order valence-corrected chi connectivity index (χ4v) is 3.12. The molecule has 1 amide bonds. The van der Waals surface area contributed by atoms with Gasteiger partial charge in [0.2, 0.25) is 15.9 Å². The zero-order valence-electron chi connectivity index (χ0n) is 14.2. The summed E-state index contributed by atoms with van der Waals surface area (Å²) < 4.78 is 56.2. The molecule has 0 saturated carbocycles. The van der Waals surface area contributed by atoms with E-state index in [-0.39, 0.29) is 12.2 Å². The first-order chi connectivity index (χ1) is 12.2. The van der Waals surface area contributed by atoms with Crippen LogP contribution >= 0.6 is 0 Å². The van der Waals surface area contributed by atoms with Crippen LogP contribution in [0.4, 0.5) is 14.5 Å². The number of carbonyl (C=O) groups excluding carboxylic acids is 1. The number of carbonyl (C=O) groups is 1. The average Bonchev–Trinajstić information content (AvgIpc) is 2.59. The minimum absolute atomic E-state index is 0.123. The number of halogens is 2. The van der Waals surface area contributed by atoms with E-state index in [1.54, 1.807) is 24.3 Å². The van der Waals surface area contributed by atoms with Crippen molar-refractivity contribution in [2.24, 2.45) is 0 Å². The molecule has 0 aliphatic heterocycles. The number of anilines is 1. The van der Waals surface area contributed by atoms with E-state index in [4.69, 9.17) is 4.74 Å². The van der Waals surface area contributed by atoms with Crippen molar-refractivity contribution in [1.82, 2.24) is 5.32 Å². The first kappa shape index (κ1) is 19.6. The lowest BCUT2D eigenvalue weighted by atomic mass is 10.2. The van der Waals surface area contributed by atoms with Gasteiger partial charge in [0.25, 0.3) is 0 Å². The summed E-state index contributed by atoms with van der Waals surface area (Å²) in [6.45, 7) is -0.447. The van der Waals surface area contributed by atoms with E-state index in [0.717, 1.165) is 24.5 Å². The van der Waals surface area contributed by atoms with E-state index in [1.165, 1.54) is 7.11 Å². The summed E-state index contributed by atoms with van der Waals surface area (Å²) in [4.78, 5) is 12.2. The SMILES string of the molecule is COc1ccccc1CNC(=O)CN(c1ccc(F)c(F)c1)S(C)(=O)=O. The zero-order chi connectivity index (χ0) is 19.3. The standard InChI is InChI=1S/C17H18F2N2O4S/c1-25-16-6-4-3-5-12(16)10-20-17(22)11-21(26(2,23)24)13-7-8-14(18)15(19)9-13/h3-9H,10-11H2,1-2H3,(H,20,22). The molecule has 1 N–H and O–H groups in total. The fourth-order valence-electron chi connectivity index (χ4n) is 2.27. The third-order valence-electron chi connectivity index (χ3n) is 3.55. The van der Waals surface area contributed by atoms with Gasteiger partial charge in [-0.1, -0.05) is 18.2 Å². The Morgan fingerprint density at radius 1 is 1.15 bits per heavy atom. The highest BCUT2D eigenvalue weighted by Crippen LogP contribution is 2.20.